The van der Waals surface area contributed by atoms with Gasteiger partial charge >= 0.3 is 6.03 Å². The van der Waals surface area contributed by atoms with E-state index in [4.69, 9.17) is 17.3 Å². The van der Waals surface area contributed by atoms with Crippen LogP contribution in [0.15, 0.2) is 54.5 Å². The summed E-state index contributed by atoms with van der Waals surface area (Å²) < 4.78 is 0. The van der Waals surface area contributed by atoms with Gasteiger partial charge in [-0.2, -0.15) is 0 Å². The Balaban J connectivity index is 1.32. The number of pyridine rings is 2. The van der Waals surface area contributed by atoms with Crippen molar-refractivity contribution < 1.29 is 14.4 Å². The number of aromatic nitrogens is 2. The molecule has 4 amide bonds. The molecule has 0 unspecified atom stereocenters. The van der Waals surface area contributed by atoms with Gasteiger partial charge in [0.05, 0.1) is 5.02 Å². The number of benzene rings is 1. The maximum absolute atomic E-state index is 12.7. The van der Waals surface area contributed by atoms with Gasteiger partial charge in [-0.1, -0.05) is 17.2 Å². The summed E-state index contributed by atoms with van der Waals surface area (Å²) in [5.74, 6) is -0.126. The topological polar surface area (TPSA) is 130 Å². The summed E-state index contributed by atoms with van der Waals surface area (Å²) in [4.78, 5) is 46.5. The Morgan fingerprint density at radius 2 is 2.00 bits per heavy atom. The van der Waals surface area contributed by atoms with Crippen molar-refractivity contribution in [1.29, 1.82) is 0 Å². The molecule has 1 aliphatic carbocycles. The SMILES string of the molecule is CN1C(=O)NC2(CCC(=CC(=O)Nc3cc4cc(-c5cnccc5Cl)cc(N)c4cn3)CC2)C1=O. The molecular formula is C25H23ClN6O3. The van der Waals surface area contributed by atoms with Crippen molar-refractivity contribution in [1.82, 2.24) is 20.2 Å². The zero-order valence-electron chi connectivity index (χ0n) is 19.0. The zero-order chi connectivity index (χ0) is 24.7. The van der Waals surface area contributed by atoms with E-state index in [9.17, 15) is 14.4 Å². The first-order valence-corrected chi connectivity index (χ1v) is 11.5. The molecule has 0 bridgehead atoms. The molecule has 1 aromatic carbocycles. The molecule has 5 rings (SSSR count). The summed E-state index contributed by atoms with van der Waals surface area (Å²) in [6.45, 7) is 0. The minimum atomic E-state index is -0.853. The van der Waals surface area contributed by atoms with E-state index < -0.39 is 5.54 Å². The zero-order valence-corrected chi connectivity index (χ0v) is 19.7. The quantitative estimate of drug-likeness (QED) is 0.290. The number of urea groups is 1. The van der Waals surface area contributed by atoms with Crippen molar-refractivity contribution >= 4 is 51.7 Å². The Morgan fingerprint density at radius 3 is 2.69 bits per heavy atom. The van der Waals surface area contributed by atoms with Gasteiger partial charge in [0.2, 0.25) is 5.91 Å². The molecule has 0 radical (unpaired) electrons. The molecule has 1 saturated heterocycles. The van der Waals surface area contributed by atoms with E-state index >= 15 is 0 Å². The minimum Gasteiger partial charge on any atom is -0.398 e. The van der Waals surface area contributed by atoms with E-state index in [0.29, 0.717) is 42.2 Å². The van der Waals surface area contributed by atoms with Gasteiger partial charge in [0, 0.05) is 48.4 Å². The fourth-order valence-electron chi connectivity index (χ4n) is 4.68. The molecular weight excluding hydrogens is 468 g/mol. The monoisotopic (exact) mass is 490 g/mol. The third-order valence-electron chi connectivity index (χ3n) is 6.64. The third kappa shape index (κ3) is 4.19. The van der Waals surface area contributed by atoms with Crippen LogP contribution in [0.1, 0.15) is 25.7 Å². The van der Waals surface area contributed by atoms with Gasteiger partial charge in [0.1, 0.15) is 11.4 Å². The van der Waals surface area contributed by atoms with Crippen molar-refractivity contribution in [3.05, 3.63) is 59.5 Å². The van der Waals surface area contributed by atoms with E-state index in [1.807, 2.05) is 12.1 Å². The number of halogens is 1. The van der Waals surface area contributed by atoms with Gasteiger partial charge in [-0.15, -0.1) is 0 Å². The van der Waals surface area contributed by atoms with Gasteiger partial charge < -0.3 is 16.4 Å². The standard InChI is InChI=1S/C25H23ClN6O3/c1-32-23(34)25(31-24(32)35)5-2-14(3-6-25)8-22(33)30-21-11-16-9-15(10-20(27)18(16)13-29-21)17-12-28-7-4-19(17)26/h4,7-13H,2-3,5-6,27H2,1H3,(H,31,35)(H,29,30,33). The smallest absolute Gasteiger partial charge is 0.324 e. The van der Waals surface area contributed by atoms with Gasteiger partial charge in [-0.05, 0) is 60.9 Å². The Hall–Kier alpha value is -3.98. The highest BCUT2D eigenvalue weighted by atomic mass is 35.5. The molecule has 1 aliphatic heterocycles. The molecule has 0 atom stereocenters. The highest BCUT2D eigenvalue weighted by molar-refractivity contribution is 6.33. The maximum atomic E-state index is 12.7. The van der Waals surface area contributed by atoms with Gasteiger partial charge in [0.15, 0.2) is 0 Å². The molecule has 10 heteroatoms. The molecule has 178 valence electrons. The van der Waals surface area contributed by atoms with E-state index in [-0.39, 0.29) is 17.8 Å². The fourth-order valence-corrected chi connectivity index (χ4v) is 4.90. The summed E-state index contributed by atoms with van der Waals surface area (Å²) >= 11 is 6.32. The second kappa shape index (κ2) is 8.66. The second-order valence-electron chi connectivity index (χ2n) is 8.88. The Labute approximate surface area is 206 Å². The minimum absolute atomic E-state index is 0.211. The molecule has 1 spiro atoms. The number of nitrogens with one attached hydrogen (secondary N) is 2. The number of carbonyl (C=O) groups excluding carboxylic acids is 3. The van der Waals surface area contributed by atoms with Crippen LogP contribution in [0.2, 0.25) is 5.02 Å². The number of nitrogens with zero attached hydrogens (tertiary/aromatic N) is 3. The van der Waals surface area contributed by atoms with Crippen molar-refractivity contribution in [2.45, 2.75) is 31.2 Å². The van der Waals surface area contributed by atoms with Crippen LogP contribution in [0, 0.1) is 0 Å². The number of rotatable bonds is 3. The number of amides is 4. The van der Waals surface area contributed by atoms with Gasteiger partial charge in [-0.3, -0.25) is 19.5 Å². The predicted molar refractivity (Wildman–Crippen MR) is 134 cm³/mol. The number of fused-ring (bicyclic) bond motifs is 1. The molecule has 9 nitrogen and oxygen atoms in total. The summed E-state index contributed by atoms with van der Waals surface area (Å²) in [7, 11) is 1.48. The summed E-state index contributed by atoms with van der Waals surface area (Å²) in [6, 6.07) is 6.84. The largest absolute Gasteiger partial charge is 0.398 e. The van der Waals surface area contributed by atoms with Crippen LogP contribution in [0.3, 0.4) is 0 Å². The lowest BCUT2D eigenvalue weighted by molar-refractivity contribution is -0.131. The van der Waals surface area contributed by atoms with E-state index in [2.05, 4.69) is 20.6 Å². The maximum Gasteiger partial charge on any atom is 0.324 e. The van der Waals surface area contributed by atoms with Crippen molar-refractivity contribution in [2.24, 2.45) is 0 Å². The number of hydrogen-bond acceptors (Lipinski definition) is 6. The Morgan fingerprint density at radius 1 is 1.23 bits per heavy atom. The van der Waals surface area contributed by atoms with Gasteiger partial charge in [0.25, 0.3) is 5.91 Å². The second-order valence-corrected chi connectivity index (χ2v) is 9.29. The van der Waals surface area contributed by atoms with Crippen LogP contribution in [0.4, 0.5) is 16.3 Å². The number of anilines is 2. The number of nitrogens with two attached hydrogens (primary N) is 1. The Bertz CT molecular complexity index is 1410. The van der Waals surface area contributed by atoms with Crippen LogP contribution in [0.5, 0.6) is 0 Å². The fraction of sp³-hybridized carbons (Fsp3) is 0.240. The molecule has 4 N–H and O–H groups in total. The summed E-state index contributed by atoms with van der Waals surface area (Å²) in [5.41, 5.74) is 8.42. The summed E-state index contributed by atoms with van der Waals surface area (Å²) in [6.07, 6.45) is 8.49. The lowest BCUT2D eigenvalue weighted by atomic mass is 9.79. The van der Waals surface area contributed by atoms with Crippen LogP contribution in [-0.4, -0.2) is 45.3 Å². The van der Waals surface area contributed by atoms with E-state index in [1.165, 1.54) is 7.05 Å². The first-order chi connectivity index (χ1) is 16.8. The average Bonchev–Trinajstić information content (AvgIpc) is 3.04. The van der Waals surface area contributed by atoms with E-state index in [0.717, 1.165) is 32.4 Å². The molecule has 3 heterocycles. The molecule has 1 saturated carbocycles. The number of hydrogen-bond donors (Lipinski definition) is 3. The molecule has 3 aromatic rings. The number of likely N-dealkylation sites (N-methyl/N-ethyl adjacent to an activating group) is 1. The predicted octanol–water partition coefficient (Wildman–Crippen LogP) is 3.89. The lowest BCUT2D eigenvalue weighted by Gasteiger charge is -2.31. The highest BCUT2D eigenvalue weighted by Crippen LogP contribution is 2.36. The third-order valence-corrected chi connectivity index (χ3v) is 6.97. The van der Waals surface area contributed by atoms with Crippen LogP contribution in [-0.2, 0) is 9.59 Å². The van der Waals surface area contributed by atoms with Crippen molar-refractivity contribution in [2.75, 3.05) is 18.1 Å². The van der Waals surface area contributed by atoms with Crippen molar-refractivity contribution in [3.63, 3.8) is 0 Å². The molecule has 35 heavy (non-hydrogen) atoms. The lowest BCUT2D eigenvalue weighted by Crippen LogP contribution is -2.48. The number of imide groups is 1. The van der Waals surface area contributed by atoms with Crippen LogP contribution >= 0.6 is 11.6 Å². The van der Waals surface area contributed by atoms with Crippen LogP contribution in [0.25, 0.3) is 21.9 Å². The molecule has 2 fully saturated rings. The summed E-state index contributed by atoms with van der Waals surface area (Å²) in [5, 5.41) is 7.73. The highest BCUT2D eigenvalue weighted by Gasteiger charge is 2.50. The average molecular weight is 491 g/mol. The Kier molecular flexibility index (Phi) is 5.64. The first-order valence-electron chi connectivity index (χ1n) is 11.2. The van der Waals surface area contributed by atoms with Crippen LogP contribution < -0.4 is 16.4 Å². The molecule has 2 aliphatic rings. The number of allylic oxidation sites excluding steroid dienone is 1. The number of carbonyl (C=O) groups is 3. The van der Waals surface area contributed by atoms with E-state index in [1.54, 1.807) is 36.8 Å². The number of nitrogen functional groups attached to an aromatic ring is 1. The van der Waals surface area contributed by atoms with Crippen molar-refractivity contribution in [3.8, 4) is 11.1 Å². The first kappa shape index (κ1) is 22.8. The normalized spacial score (nSPS) is 19.8. The van der Waals surface area contributed by atoms with Gasteiger partial charge in [-0.25, -0.2) is 9.78 Å². The molecule has 2 aromatic heterocycles.